The van der Waals surface area contributed by atoms with Gasteiger partial charge in [0.15, 0.2) is 0 Å². The highest BCUT2D eigenvalue weighted by atomic mass is 19.1. The molecule has 6 rings (SSSR count). The van der Waals surface area contributed by atoms with Gasteiger partial charge in [-0.05, 0) is 67.5 Å². The maximum absolute atomic E-state index is 13.4. The summed E-state index contributed by atoms with van der Waals surface area (Å²) in [5.41, 5.74) is 3.19. The first kappa shape index (κ1) is 22.8. The van der Waals surface area contributed by atoms with Crippen LogP contribution in [0.4, 0.5) is 14.6 Å². The zero-order chi connectivity index (χ0) is 24.8. The Morgan fingerprint density at radius 2 is 1.89 bits per heavy atom. The molecular weight excluding hydrogens is 464 g/mol. The number of carbonyl (C=O) groups excluding carboxylic acids is 2. The lowest BCUT2D eigenvalue weighted by atomic mass is 9.89. The van der Waals surface area contributed by atoms with Gasteiger partial charge in [0.2, 0.25) is 6.41 Å². The van der Waals surface area contributed by atoms with E-state index in [4.69, 9.17) is 0 Å². The molecular formula is C27H27F2N5O2. The summed E-state index contributed by atoms with van der Waals surface area (Å²) < 4.78 is 26.9. The van der Waals surface area contributed by atoms with Crippen LogP contribution in [0, 0.1) is 11.6 Å². The first-order chi connectivity index (χ1) is 17.5. The zero-order valence-electron chi connectivity index (χ0n) is 19.7. The van der Waals surface area contributed by atoms with Gasteiger partial charge in [-0.2, -0.15) is 0 Å². The molecule has 0 bridgehead atoms. The summed E-state index contributed by atoms with van der Waals surface area (Å²) in [6.07, 6.45) is 9.74. The molecule has 1 aromatic carbocycles. The Hall–Kier alpha value is -3.59. The van der Waals surface area contributed by atoms with Crippen molar-refractivity contribution in [2.45, 2.75) is 50.2 Å². The van der Waals surface area contributed by atoms with Crippen LogP contribution in [-0.2, 0) is 4.79 Å². The molecule has 1 aliphatic heterocycles. The van der Waals surface area contributed by atoms with E-state index < -0.39 is 11.6 Å². The molecule has 0 radical (unpaired) electrons. The van der Waals surface area contributed by atoms with E-state index in [1.54, 1.807) is 9.80 Å². The average molecular weight is 492 g/mol. The Morgan fingerprint density at radius 3 is 2.56 bits per heavy atom. The lowest BCUT2D eigenvalue weighted by Crippen LogP contribution is -2.61. The van der Waals surface area contributed by atoms with Crippen molar-refractivity contribution in [2.24, 2.45) is 0 Å². The second-order valence-electron chi connectivity index (χ2n) is 9.94. The molecule has 3 heterocycles. The van der Waals surface area contributed by atoms with Gasteiger partial charge in [-0.3, -0.25) is 14.5 Å². The molecule has 1 saturated carbocycles. The number of fused-ring (bicyclic) bond motifs is 1. The number of allylic oxidation sites excluding steroid dienone is 1. The van der Waals surface area contributed by atoms with Crippen LogP contribution in [-0.4, -0.2) is 58.4 Å². The van der Waals surface area contributed by atoms with Crippen molar-refractivity contribution in [1.82, 2.24) is 20.2 Å². The fourth-order valence-electron chi connectivity index (χ4n) is 5.28. The third-order valence-electron chi connectivity index (χ3n) is 7.34. The van der Waals surface area contributed by atoms with Crippen molar-refractivity contribution in [3.63, 3.8) is 0 Å². The normalized spacial score (nSPS) is 20.2. The van der Waals surface area contributed by atoms with Crippen LogP contribution < -0.4 is 10.2 Å². The molecule has 3 aliphatic rings. The zero-order valence-corrected chi connectivity index (χ0v) is 19.7. The fraction of sp³-hybridized carbons (Fsp3) is 0.370. The fourth-order valence-corrected chi connectivity index (χ4v) is 5.28. The number of amides is 2. The Balaban J connectivity index is 1.10. The van der Waals surface area contributed by atoms with E-state index in [1.807, 2.05) is 18.3 Å². The number of nitrogens with one attached hydrogen (secondary N) is 2. The van der Waals surface area contributed by atoms with Gasteiger partial charge in [-0.15, -0.1) is 0 Å². The van der Waals surface area contributed by atoms with Crippen LogP contribution in [0.15, 0.2) is 42.6 Å². The van der Waals surface area contributed by atoms with Gasteiger partial charge >= 0.3 is 0 Å². The largest absolute Gasteiger partial charge is 0.346 e. The van der Waals surface area contributed by atoms with Crippen LogP contribution in [0.2, 0.25) is 0 Å². The maximum Gasteiger partial charge on any atom is 0.254 e. The summed E-state index contributed by atoms with van der Waals surface area (Å²) in [5, 5.41) is 4.68. The summed E-state index contributed by atoms with van der Waals surface area (Å²) in [6, 6.07) is 7.68. The van der Waals surface area contributed by atoms with Crippen LogP contribution in [0.25, 0.3) is 16.6 Å². The van der Waals surface area contributed by atoms with Crippen LogP contribution in [0.3, 0.4) is 0 Å². The molecule has 2 aromatic heterocycles. The van der Waals surface area contributed by atoms with Crippen molar-refractivity contribution in [1.29, 1.82) is 0 Å². The molecule has 9 heteroatoms. The molecule has 186 valence electrons. The van der Waals surface area contributed by atoms with Gasteiger partial charge < -0.3 is 15.2 Å². The van der Waals surface area contributed by atoms with E-state index in [9.17, 15) is 18.4 Å². The molecule has 1 atom stereocenters. The Labute approximate surface area is 207 Å². The third-order valence-corrected chi connectivity index (χ3v) is 7.34. The van der Waals surface area contributed by atoms with Crippen molar-refractivity contribution in [2.75, 3.05) is 18.0 Å². The standard InChI is InChI=1S/C27H27F2N5O2/c28-18-9-17(10-19(29)11-18)27(36)33-13-21(14-33)31-20-3-1-16(2-4-20)24-12-25(34(15-35)22-5-6-22)32-26-23(24)7-8-30-26/h1,7-12,15,20-22,31H,2-6,13-14H2,(H,30,32). The number of rotatable bonds is 7. The lowest BCUT2D eigenvalue weighted by molar-refractivity contribution is -0.107. The molecule has 2 N–H and O–H groups in total. The first-order valence-corrected chi connectivity index (χ1v) is 12.4. The van der Waals surface area contributed by atoms with E-state index in [0.29, 0.717) is 24.9 Å². The number of anilines is 1. The minimum atomic E-state index is -0.747. The maximum atomic E-state index is 13.4. The number of aromatic amines is 1. The van der Waals surface area contributed by atoms with Crippen molar-refractivity contribution in [3.05, 3.63) is 65.4 Å². The van der Waals surface area contributed by atoms with Gasteiger partial charge in [0.1, 0.15) is 23.1 Å². The van der Waals surface area contributed by atoms with Gasteiger partial charge in [-0.25, -0.2) is 13.8 Å². The number of hydrogen-bond acceptors (Lipinski definition) is 4. The van der Waals surface area contributed by atoms with Gasteiger partial charge in [0.25, 0.3) is 5.91 Å². The lowest BCUT2D eigenvalue weighted by Gasteiger charge is -2.42. The van der Waals surface area contributed by atoms with Gasteiger partial charge in [0, 0.05) is 54.4 Å². The molecule has 0 spiro atoms. The second-order valence-corrected chi connectivity index (χ2v) is 9.94. The Kier molecular flexibility index (Phi) is 5.79. The quantitative estimate of drug-likeness (QED) is 0.490. The predicted octanol–water partition coefficient (Wildman–Crippen LogP) is 4.02. The summed E-state index contributed by atoms with van der Waals surface area (Å²) in [5.74, 6) is -1.15. The van der Waals surface area contributed by atoms with E-state index in [2.05, 4.69) is 21.4 Å². The van der Waals surface area contributed by atoms with Crippen LogP contribution in [0.1, 0.15) is 48.0 Å². The van der Waals surface area contributed by atoms with Crippen LogP contribution in [0.5, 0.6) is 0 Å². The minimum absolute atomic E-state index is 0.0406. The molecule has 3 aromatic rings. The van der Waals surface area contributed by atoms with E-state index in [1.165, 1.54) is 5.57 Å². The van der Waals surface area contributed by atoms with Crippen molar-refractivity contribution in [3.8, 4) is 0 Å². The van der Waals surface area contributed by atoms with Crippen LogP contribution >= 0.6 is 0 Å². The van der Waals surface area contributed by atoms with E-state index in [-0.39, 0.29) is 23.6 Å². The monoisotopic (exact) mass is 491 g/mol. The Bertz CT molecular complexity index is 1340. The average Bonchev–Trinajstić information content (AvgIpc) is 3.56. The number of nitrogens with zero attached hydrogens (tertiary/aromatic N) is 3. The first-order valence-electron chi connectivity index (χ1n) is 12.4. The summed E-state index contributed by atoms with van der Waals surface area (Å²) in [4.78, 5) is 35.4. The number of likely N-dealkylation sites (tertiary alicyclic amines) is 1. The molecule has 36 heavy (non-hydrogen) atoms. The molecule has 2 amide bonds. The predicted molar refractivity (Wildman–Crippen MR) is 132 cm³/mol. The molecule has 2 aliphatic carbocycles. The second kappa shape index (κ2) is 9.13. The Morgan fingerprint density at radius 1 is 1.11 bits per heavy atom. The summed E-state index contributed by atoms with van der Waals surface area (Å²) in [6.45, 7) is 1.04. The highest BCUT2D eigenvalue weighted by Crippen LogP contribution is 2.36. The number of pyridine rings is 1. The van der Waals surface area contributed by atoms with Gasteiger partial charge in [0.05, 0.1) is 0 Å². The van der Waals surface area contributed by atoms with Crippen molar-refractivity contribution >= 4 is 34.7 Å². The number of carbonyl (C=O) groups is 2. The smallest absolute Gasteiger partial charge is 0.254 e. The minimum Gasteiger partial charge on any atom is -0.346 e. The SMILES string of the molecule is O=CN(c1cc(C2=CCC(NC3CN(C(=O)c4cc(F)cc(F)c4)C3)CC2)c2cc[nH]c2n1)C1CC1. The number of hydrogen-bond donors (Lipinski definition) is 2. The topological polar surface area (TPSA) is 81.3 Å². The van der Waals surface area contributed by atoms with Crippen molar-refractivity contribution < 1.29 is 18.4 Å². The highest BCUT2D eigenvalue weighted by Gasteiger charge is 2.34. The number of halogens is 2. The third kappa shape index (κ3) is 4.39. The molecule has 2 fully saturated rings. The molecule has 1 unspecified atom stereocenters. The number of benzene rings is 1. The summed E-state index contributed by atoms with van der Waals surface area (Å²) >= 11 is 0. The summed E-state index contributed by atoms with van der Waals surface area (Å²) in [7, 11) is 0. The molecule has 7 nitrogen and oxygen atoms in total. The highest BCUT2D eigenvalue weighted by molar-refractivity contribution is 5.95. The number of aromatic nitrogens is 2. The van der Waals surface area contributed by atoms with E-state index >= 15 is 0 Å². The van der Waals surface area contributed by atoms with E-state index in [0.717, 1.165) is 73.3 Å². The van der Waals surface area contributed by atoms with Gasteiger partial charge in [-0.1, -0.05) is 6.08 Å². The molecule has 1 saturated heterocycles. The number of H-pyrrole nitrogens is 1.